The van der Waals surface area contributed by atoms with Gasteiger partial charge in [0.2, 0.25) is 0 Å². The maximum atomic E-state index is 13.0. The van der Waals surface area contributed by atoms with Gasteiger partial charge < -0.3 is 20.6 Å². The van der Waals surface area contributed by atoms with Crippen LogP contribution < -0.4 is 15.5 Å². The van der Waals surface area contributed by atoms with Gasteiger partial charge in [-0.25, -0.2) is 4.98 Å². The van der Waals surface area contributed by atoms with Gasteiger partial charge in [0.05, 0.1) is 5.60 Å². The predicted octanol–water partition coefficient (Wildman–Crippen LogP) is 1.47. The van der Waals surface area contributed by atoms with Gasteiger partial charge in [-0.2, -0.15) is 0 Å². The molecule has 1 saturated heterocycles. The maximum absolute atomic E-state index is 13.0. The van der Waals surface area contributed by atoms with Gasteiger partial charge in [-0.3, -0.25) is 4.79 Å². The monoisotopic (exact) mass is 370 g/mol. The smallest absolute Gasteiger partial charge is 0.270 e. The van der Waals surface area contributed by atoms with Crippen LogP contribution in [0.3, 0.4) is 0 Å². The van der Waals surface area contributed by atoms with E-state index in [1.54, 1.807) is 0 Å². The summed E-state index contributed by atoms with van der Waals surface area (Å²) in [4.78, 5) is 20.0. The van der Waals surface area contributed by atoms with E-state index in [4.69, 9.17) is 4.98 Å². The number of pyridine rings is 1. The standard InChI is InChI=1S/C21H30N4O2/c1-13-2-3-17(23-19(13)25-6-4-22-5-7-25)20(26)24-18-15-8-14-9-16(18)12-21(27,10-14)11-15/h2-3,14-16,18,22,27H,4-12H2,1H3,(H,24,26). The average Bonchev–Trinajstić information content (AvgIpc) is 2.64. The minimum absolute atomic E-state index is 0.0594. The fraction of sp³-hybridized carbons (Fsp3) is 0.714. The van der Waals surface area contributed by atoms with Crippen LogP contribution in [0, 0.1) is 24.7 Å². The second-order valence-electron chi connectivity index (χ2n) is 9.27. The third-order valence-electron chi connectivity index (χ3n) is 7.26. The summed E-state index contributed by atoms with van der Waals surface area (Å²) in [6.45, 7) is 5.81. The molecule has 4 aliphatic carbocycles. The van der Waals surface area contributed by atoms with Crippen molar-refractivity contribution in [2.75, 3.05) is 31.1 Å². The second-order valence-corrected chi connectivity index (χ2v) is 9.27. The molecule has 146 valence electrons. The zero-order valence-electron chi connectivity index (χ0n) is 16.1. The molecule has 0 radical (unpaired) electrons. The Balaban J connectivity index is 1.33. The van der Waals surface area contributed by atoms with Crippen molar-refractivity contribution in [1.82, 2.24) is 15.6 Å². The molecule has 0 aromatic carbocycles. The minimum Gasteiger partial charge on any atom is -0.390 e. The molecule has 1 aromatic rings. The zero-order chi connectivity index (χ0) is 18.6. The van der Waals surface area contributed by atoms with Gasteiger partial charge in [-0.05, 0) is 68.4 Å². The van der Waals surface area contributed by atoms with Crippen LogP contribution in [0.1, 0.15) is 48.2 Å². The Morgan fingerprint density at radius 2 is 1.93 bits per heavy atom. The molecule has 5 aliphatic rings. The normalized spacial score (nSPS) is 37.5. The van der Waals surface area contributed by atoms with E-state index in [0.717, 1.165) is 69.7 Å². The summed E-state index contributed by atoms with van der Waals surface area (Å²) in [5.74, 6) is 2.36. The molecule has 6 heteroatoms. The summed E-state index contributed by atoms with van der Waals surface area (Å²) < 4.78 is 0. The highest BCUT2D eigenvalue weighted by Crippen LogP contribution is 2.55. The molecule has 6 nitrogen and oxygen atoms in total. The fourth-order valence-corrected chi connectivity index (χ4v) is 6.28. The number of aryl methyl sites for hydroxylation is 1. The Morgan fingerprint density at radius 3 is 2.59 bits per heavy atom. The largest absolute Gasteiger partial charge is 0.390 e. The number of anilines is 1. The van der Waals surface area contributed by atoms with Gasteiger partial charge in [-0.1, -0.05) is 6.07 Å². The van der Waals surface area contributed by atoms with E-state index in [9.17, 15) is 9.90 Å². The summed E-state index contributed by atoms with van der Waals surface area (Å²) in [7, 11) is 0. The molecule has 0 spiro atoms. The molecule has 3 N–H and O–H groups in total. The van der Waals surface area contributed by atoms with Gasteiger partial charge in [0, 0.05) is 32.2 Å². The van der Waals surface area contributed by atoms with Crippen molar-refractivity contribution >= 4 is 11.7 Å². The predicted molar refractivity (Wildman–Crippen MR) is 104 cm³/mol. The molecule has 2 atom stereocenters. The van der Waals surface area contributed by atoms with Crippen molar-refractivity contribution in [2.24, 2.45) is 17.8 Å². The Bertz CT molecular complexity index is 730. The number of nitrogens with zero attached hydrogens (tertiary/aromatic N) is 2. The number of piperazine rings is 1. The Hall–Kier alpha value is -1.66. The van der Waals surface area contributed by atoms with Crippen LogP contribution in [-0.4, -0.2) is 53.8 Å². The van der Waals surface area contributed by atoms with Crippen LogP contribution >= 0.6 is 0 Å². The topological polar surface area (TPSA) is 77.5 Å². The number of aromatic nitrogens is 1. The number of carbonyl (C=O) groups is 1. The van der Waals surface area contributed by atoms with Crippen LogP contribution in [0.15, 0.2) is 12.1 Å². The van der Waals surface area contributed by atoms with Crippen molar-refractivity contribution in [3.05, 3.63) is 23.4 Å². The highest BCUT2D eigenvalue weighted by molar-refractivity contribution is 5.93. The van der Waals surface area contributed by atoms with Crippen LogP contribution in [-0.2, 0) is 0 Å². The molecular formula is C21H30N4O2. The quantitative estimate of drug-likeness (QED) is 0.751. The van der Waals surface area contributed by atoms with Gasteiger partial charge in [-0.15, -0.1) is 0 Å². The molecule has 2 unspecified atom stereocenters. The Morgan fingerprint density at radius 1 is 1.22 bits per heavy atom. The van der Waals surface area contributed by atoms with E-state index < -0.39 is 5.60 Å². The third-order valence-corrected chi connectivity index (χ3v) is 7.26. The number of aliphatic hydroxyl groups is 1. The van der Waals surface area contributed by atoms with E-state index in [1.165, 1.54) is 0 Å². The second kappa shape index (κ2) is 6.45. The van der Waals surface area contributed by atoms with Crippen molar-refractivity contribution in [2.45, 2.75) is 50.7 Å². The number of amides is 1. The summed E-state index contributed by atoms with van der Waals surface area (Å²) in [5, 5.41) is 17.4. The molecule has 4 saturated carbocycles. The lowest BCUT2D eigenvalue weighted by molar-refractivity contribution is -0.136. The first kappa shape index (κ1) is 17.4. The highest BCUT2D eigenvalue weighted by Gasteiger charge is 2.55. The van der Waals surface area contributed by atoms with Crippen LogP contribution in [0.5, 0.6) is 0 Å². The van der Waals surface area contributed by atoms with Crippen molar-refractivity contribution in [3.63, 3.8) is 0 Å². The van der Waals surface area contributed by atoms with Crippen LogP contribution in [0.25, 0.3) is 0 Å². The number of nitrogens with one attached hydrogen (secondary N) is 2. The Labute approximate surface area is 160 Å². The molecule has 27 heavy (non-hydrogen) atoms. The van der Waals surface area contributed by atoms with E-state index in [0.29, 0.717) is 23.4 Å². The molecular weight excluding hydrogens is 340 g/mol. The summed E-state index contributed by atoms with van der Waals surface area (Å²) in [6.07, 6.45) is 4.96. The average molecular weight is 370 g/mol. The molecule has 6 rings (SSSR count). The lowest BCUT2D eigenvalue weighted by Gasteiger charge is -2.58. The lowest BCUT2D eigenvalue weighted by Crippen LogP contribution is -2.61. The maximum Gasteiger partial charge on any atom is 0.270 e. The van der Waals surface area contributed by atoms with Crippen molar-refractivity contribution in [1.29, 1.82) is 0 Å². The van der Waals surface area contributed by atoms with E-state index in [-0.39, 0.29) is 11.9 Å². The molecule has 4 bridgehead atoms. The van der Waals surface area contributed by atoms with E-state index >= 15 is 0 Å². The van der Waals surface area contributed by atoms with E-state index in [2.05, 4.69) is 22.5 Å². The number of hydrogen-bond donors (Lipinski definition) is 3. The van der Waals surface area contributed by atoms with Gasteiger partial charge in [0.1, 0.15) is 11.5 Å². The fourth-order valence-electron chi connectivity index (χ4n) is 6.28. The molecule has 1 aromatic heterocycles. The molecule has 1 aliphatic heterocycles. The number of hydrogen-bond acceptors (Lipinski definition) is 5. The first-order valence-electron chi connectivity index (χ1n) is 10.5. The first-order valence-corrected chi connectivity index (χ1v) is 10.5. The molecule has 5 fully saturated rings. The van der Waals surface area contributed by atoms with Crippen molar-refractivity contribution < 1.29 is 9.90 Å². The number of rotatable bonds is 3. The SMILES string of the molecule is Cc1ccc(C(=O)NC2C3CC4CC2CC(O)(C4)C3)nc1N1CCNCC1. The molecule has 1 amide bonds. The summed E-state index contributed by atoms with van der Waals surface area (Å²) in [6, 6.07) is 4.05. The third kappa shape index (κ3) is 3.13. The summed E-state index contributed by atoms with van der Waals surface area (Å²) in [5.41, 5.74) is 1.17. The van der Waals surface area contributed by atoms with Gasteiger partial charge in [0.25, 0.3) is 5.91 Å². The lowest BCUT2D eigenvalue weighted by atomic mass is 9.52. The zero-order valence-corrected chi connectivity index (χ0v) is 16.1. The van der Waals surface area contributed by atoms with Crippen LogP contribution in [0.2, 0.25) is 0 Å². The highest BCUT2D eigenvalue weighted by atomic mass is 16.3. The summed E-state index contributed by atoms with van der Waals surface area (Å²) >= 11 is 0. The van der Waals surface area contributed by atoms with Crippen molar-refractivity contribution in [3.8, 4) is 0 Å². The van der Waals surface area contributed by atoms with Crippen LogP contribution in [0.4, 0.5) is 5.82 Å². The minimum atomic E-state index is -0.463. The van der Waals surface area contributed by atoms with Gasteiger partial charge in [0.15, 0.2) is 0 Å². The van der Waals surface area contributed by atoms with E-state index in [1.807, 2.05) is 12.1 Å². The Kier molecular flexibility index (Phi) is 4.17. The van der Waals surface area contributed by atoms with Gasteiger partial charge >= 0.3 is 0 Å². The molecule has 2 heterocycles. The first-order chi connectivity index (χ1) is 13.0. The number of carbonyl (C=O) groups excluding carboxylic acids is 1.